The molecule has 1 aromatic heterocycles. The number of carbonyl (C=O) groups is 3. The first kappa shape index (κ1) is 22.7. The van der Waals surface area contributed by atoms with Crippen LogP contribution in [0.5, 0.6) is 0 Å². The summed E-state index contributed by atoms with van der Waals surface area (Å²) >= 11 is 16.8. The quantitative estimate of drug-likeness (QED) is 0.297. The molecule has 4 rings (SSSR count). The lowest BCUT2D eigenvalue weighted by atomic mass is 10.1. The van der Waals surface area contributed by atoms with Gasteiger partial charge < -0.3 is 9.52 Å². The Labute approximate surface area is 201 Å². The fraction of sp³-hybridized carbons (Fsp3) is 0. The average molecular weight is 505 g/mol. The molecule has 0 saturated carbocycles. The van der Waals surface area contributed by atoms with Gasteiger partial charge in [-0.2, -0.15) is 0 Å². The lowest BCUT2D eigenvalue weighted by Crippen LogP contribution is -2.54. The van der Waals surface area contributed by atoms with Crippen LogP contribution < -0.4 is 10.2 Å². The molecule has 1 aliphatic rings. The van der Waals surface area contributed by atoms with E-state index < -0.39 is 23.6 Å². The highest BCUT2D eigenvalue weighted by atomic mass is 35.5. The molecule has 166 valence electrons. The van der Waals surface area contributed by atoms with Crippen LogP contribution in [0.15, 0.2) is 58.5 Å². The van der Waals surface area contributed by atoms with E-state index in [0.29, 0.717) is 11.3 Å². The summed E-state index contributed by atoms with van der Waals surface area (Å²) in [6.45, 7) is 0. The first-order valence-corrected chi connectivity index (χ1v) is 10.3. The van der Waals surface area contributed by atoms with Gasteiger partial charge in [0.25, 0.3) is 11.8 Å². The molecule has 0 radical (unpaired) electrons. The minimum absolute atomic E-state index is 0.0709. The predicted octanol–water partition coefficient (Wildman–Crippen LogP) is 4.92. The number of anilines is 1. The minimum Gasteiger partial charge on any atom is -0.478 e. The third-order valence-corrected chi connectivity index (χ3v) is 5.56. The highest BCUT2D eigenvalue weighted by Crippen LogP contribution is 2.29. The fourth-order valence-electron chi connectivity index (χ4n) is 3.09. The van der Waals surface area contributed by atoms with Crippen LogP contribution >= 0.6 is 35.4 Å². The van der Waals surface area contributed by atoms with Crippen LogP contribution in [-0.2, 0) is 9.59 Å². The molecular formula is C22H11Cl2FN2O5S. The van der Waals surface area contributed by atoms with E-state index in [0.717, 1.165) is 11.0 Å². The Morgan fingerprint density at radius 3 is 2.55 bits per heavy atom. The number of halogens is 3. The van der Waals surface area contributed by atoms with Crippen LogP contribution in [0.25, 0.3) is 17.4 Å². The maximum atomic E-state index is 13.5. The van der Waals surface area contributed by atoms with Crippen LogP contribution in [0.2, 0.25) is 10.0 Å². The number of aromatic carboxylic acids is 1. The topological polar surface area (TPSA) is 99.9 Å². The SMILES string of the molecule is O=C1NC(=S)N(c2ccc(F)c(Cl)c2)C(=O)/C1=C\c1ccc(-c2ccc(Cl)c(C(=O)O)c2)o1. The molecule has 1 aliphatic heterocycles. The predicted molar refractivity (Wildman–Crippen MR) is 124 cm³/mol. The molecular weight excluding hydrogens is 494 g/mol. The third kappa shape index (κ3) is 4.38. The summed E-state index contributed by atoms with van der Waals surface area (Å²) in [5, 5.41) is 11.3. The van der Waals surface area contributed by atoms with Crippen LogP contribution in [-0.4, -0.2) is 28.0 Å². The van der Waals surface area contributed by atoms with Crippen molar-refractivity contribution >= 4 is 70.1 Å². The van der Waals surface area contributed by atoms with Gasteiger partial charge in [0.05, 0.1) is 21.3 Å². The monoisotopic (exact) mass is 504 g/mol. The van der Waals surface area contributed by atoms with Gasteiger partial charge >= 0.3 is 5.97 Å². The number of carbonyl (C=O) groups excluding carboxylic acids is 2. The first-order chi connectivity index (χ1) is 15.7. The van der Waals surface area contributed by atoms with E-state index in [4.69, 9.17) is 39.8 Å². The van der Waals surface area contributed by atoms with Gasteiger partial charge in [-0.15, -0.1) is 0 Å². The number of hydrogen-bond donors (Lipinski definition) is 2. The molecule has 2 aromatic carbocycles. The number of hydrogen-bond acceptors (Lipinski definition) is 5. The molecule has 2 amide bonds. The molecule has 33 heavy (non-hydrogen) atoms. The fourth-order valence-corrected chi connectivity index (χ4v) is 3.74. The number of thiocarbonyl (C=S) groups is 1. The maximum Gasteiger partial charge on any atom is 0.337 e. The maximum absolute atomic E-state index is 13.5. The number of furan rings is 1. The van der Waals surface area contributed by atoms with E-state index in [-0.39, 0.29) is 37.7 Å². The Kier molecular flexibility index (Phi) is 6.03. The summed E-state index contributed by atoms with van der Waals surface area (Å²) in [7, 11) is 0. The van der Waals surface area contributed by atoms with Crippen molar-refractivity contribution < 1.29 is 28.3 Å². The van der Waals surface area contributed by atoms with Crippen LogP contribution in [0.3, 0.4) is 0 Å². The summed E-state index contributed by atoms with van der Waals surface area (Å²) in [5.41, 5.74) is 0.219. The molecule has 7 nitrogen and oxygen atoms in total. The van der Waals surface area contributed by atoms with Gasteiger partial charge in [-0.3, -0.25) is 19.8 Å². The standard InChI is InChI=1S/C22H11Cl2FN2O5S/c23-15-4-1-10(7-13(15)21(30)31)18-6-3-12(32-18)9-14-19(28)26-22(33)27(20(14)29)11-2-5-17(25)16(24)8-11/h1-9H,(H,30,31)(H,26,28,33)/b14-9-. The lowest BCUT2D eigenvalue weighted by molar-refractivity contribution is -0.122. The van der Waals surface area contributed by atoms with Gasteiger partial charge in [-0.1, -0.05) is 23.2 Å². The summed E-state index contributed by atoms with van der Waals surface area (Å²) < 4.78 is 19.2. The summed E-state index contributed by atoms with van der Waals surface area (Å²) in [4.78, 5) is 37.8. The summed E-state index contributed by atoms with van der Waals surface area (Å²) in [6.07, 6.45) is 1.22. The van der Waals surface area contributed by atoms with E-state index in [1.165, 1.54) is 36.4 Å². The Balaban J connectivity index is 1.68. The van der Waals surface area contributed by atoms with Gasteiger partial charge in [0.1, 0.15) is 22.9 Å². The second-order valence-corrected chi connectivity index (χ2v) is 7.96. The van der Waals surface area contributed by atoms with Gasteiger partial charge in [-0.25, -0.2) is 9.18 Å². The molecule has 3 aromatic rings. The van der Waals surface area contributed by atoms with Crippen molar-refractivity contribution in [3.05, 3.63) is 81.3 Å². The Morgan fingerprint density at radius 2 is 1.85 bits per heavy atom. The Morgan fingerprint density at radius 1 is 1.09 bits per heavy atom. The molecule has 1 fully saturated rings. The number of carboxylic acid groups (broad SMARTS) is 1. The molecule has 2 heterocycles. The van der Waals surface area contributed by atoms with E-state index in [1.54, 1.807) is 12.1 Å². The molecule has 11 heteroatoms. The number of benzene rings is 2. The number of nitrogens with one attached hydrogen (secondary N) is 1. The highest BCUT2D eigenvalue weighted by molar-refractivity contribution is 7.80. The molecule has 0 bridgehead atoms. The lowest BCUT2D eigenvalue weighted by Gasteiger charge is -2.28. The van der Waals surface area contributed by atoms with Gasteiger partial charge in [0.2, 0.25) is 0 Å². The van der Waals surface area contributed by atoms with Crippen molar-refractivity contribution in [1.29, 1.82) is 0 Å². The number of amides is 2. The van der Waals surface area contributed by atoms with Gasteiger partial charge in [-0.05, 0) is 66.8 Å². The Hall–Kier alpha value is -3.53. The zero-order valence-electron chi connectivity index (χ0n) is 16.3. The largest absolute Gasteiger partial charge is 0.478 e. The summed E-state index contributed by atoms with van der Waals surface area (Å²) in [6, 6.07) is 11.0. The zero-order valence-corrected chi connectivity index (χ0v) is 18.6. The molecule has 2 N–H and O–H groups in total. The highest BCUT2D eigenvalue weighted by Gasteiger charge is 2.35. The second kappa shape index (κ2) is 8.78. The molecule has 1 saturated heterocycles. The van der Waals surface area contributed by atoms with E-state index >= 15 is 0 Å². The van der Waals surface area contributed by atoms with E-state index in [2.05, 4.69) is 5.32 Å². The zero-order chi connectivity index (χ0) is 23.9. The van der Waals surface area contributed by atoms with Crippen molar-refractivity contribution in [2.75, 3.05) is 4.90 Å². The Bertz CT molecular complexity index is 1380. The minimum atomic E-state index is -1.20. The van der Waals surface area contributed by atoms with Crippen molar-refractivity contribution in [2.24, 2.45) is 0 Å². The molecule has 0 aliphatic carbocycles. The van der Waals surface area contributed by atoms with Crippen LogP contribution in [0.1, 0.15) is 16.1 Å². The molecule has 0 spiro atoms. The number of rotatable bonds is 4. The van der Waals surface area contributed by atoms with Crippen molar-refractivity contribution in [3.8, 4) is 11.3 Å². The van der Waals surface area contributed by atoms with Crippen LogP contribution in [0.4, 0.5) is 10.1 Å². The third-order valence-electron chi connectivity index (χ3n) is 4.66. The smallest absolute Gasteiger partial charge is 0.337 e. The summed E-state index contributed by atoms with van der Waals surface area (Å²) in [5.74, 6) is -2.93. The molecule has 0 atom stereocenters. The van der Waals surface area contributed by atoms with Gasteiger partial charge in [0, 0.05) is 5.56 Å². The van der Waals surface area contributed by atoms with E-state index in [9.17, 15) is 23.9 Å². The van der Waals surface area contributed by atoms with Crippen LogP contribution in [0, 0.1) is 5.82 Å². The second-order valence-electron chi connectivity index (χ2n) is 6.76. The average Bonchev–Trinajstić information content (AvgIpc) is 3.22. The number of nitrogens with zero attached hydrogens (tertiary/aromatic N) is 1. The normalized spacial score (nSPS) is 15.2. The van der Waals surface area contributed by atoms with Gasteiger partial charge in [0.15, 0.2) is 5.11 Å². The van der Waals surface area contributed by atoms with Crippen molar-refractivity contribution in [1.82, 2.24) is 5.32 Å². The van der Waals surface area contributed by atoms with Crippen molar-refractivity contribution in [2.45, 2.75) is 0 Å². The van der Waals surface area contributed by atoms with E-state index in [1.807, 2.05) is 0 Å². The van der Waals surface area contributed by atoms with Crippen molar-refractivity contribution in [3.63, 3.8) is 0 Å². The number of carboxylic acids is 1. The molecule has 0 unspecified atom stereocenters. The first-order valence-electron chi connectivity index (χ1n) is 9.15.